The minimum atomic E-state index is -0.345. The van der Waals surface area contributed by atoms with Gasteiger partial charge in [-0.1, -0.05) is 0 Å². The molecule has 0 amide bonds. The van der Waals surface area contributed by atoms with Gasteiger partial charge in [-0.3, -0.25) is 19.6 Å². The number of hydrogen-bond donors (Lipinski definition) is 2. The molecule has 1 aliphatic rings. The summed E-state index contributed by atoms with van der Waals surface area (Å²) in [6.07, 6.45) is 0.310. The summed E-state index contributed by atoms with van der Waals surface area (Å²) in [6.45, 7) is 3.94. The topological polar surface area (TPSA) is 93.3 Å². The van der Waals surface area contributed by atoms with Gasteiger partial charge in [0, 0.05) is 38.7 Å². The molecule has 100 valence electrons. The first-order valence-electron chi connectivity index (χ1n) is 6.05. The zero-order valence-electron chi connectivity index (χ0n) is 10.2. The average Bonchev–Trinajstić information content (AvgIpc) is 2.78. The van der Waals surface area contributed by atoms with Gasteiger partial charge in [-0.15, -0.1) is 0 Å². The molecule has 18 heavy (non-hydrogen) atoms. The fourth-order valence-electron chi connectivity index (χ4n) is 1.92. The maximum absolute atomic E-state index is 11.9. The number of hydrogen-bond acceptors (Lipinski definition) is 5. The Hall–Kier alpha value is -1.44. The summed E-state index contributed by atoms with van der Waals surface area (Å²) in [4.78, 5) is 25.5. The number of carbonyl (C=O) groups excluding carboxylic acids is 1. The molecule has 1 aromatic rings. The van der Waals surface area contributed by atoms with Gasteiger partial charge < -0.3 is 10.5 Å². The lowest BCUT2D eigenvalue weighted by Crippen LogP contribution is -2.38. The van der Waals surface area contributed by atoms with Crippen LogP contribution < -0.4 is 11.3 Å². The second-order valence-corrected chi connectivity index (χ2v) is 4.26. The molecule has 0 unspecified atom stereocenters. The Kier molecular flexibility index (Phi) is 4.29. The van der Waals surface area contributed by atoms with Crippen molar-refractivity contribution >= 4 is 5.91 Å². The molecule has 1 aliphatic heterocycles. The zero-order chi connectivity index (χ0) is 13.0. The van der Waals surface area contributed by atoms with Crippen LogP contribution in [0.3, 0.4) is 0 Å². The van der Waals surface area contributed by atoms with E-state index in [2.05, 4.69) is 10.00 Å². The number of nitrogens with zero attached hydrogens (tertiary/aromatic N) is 2. The predicted molar refractivity (Wildman–Crippen MR) is 65.4 cm³/mol. The monoisotopic (exact) mass is 254 g/mol. The summed E-state index contributed by atoms with van der Waals surface area (Å²) in [5, 5.41) is 2.71. The molecule has 0 spiro atoms. The first-order valence-corrected chi connectivity index (χ1v) is 6.05. The number of aromatic nitrogens is 2. The lowest BCUT2D eigenvalue weighted by atomic mass is 10.3. The highest BCUT2D eigenvalue weighted by atomic mass is 16.5. The number of ether oxygens (including phenoxy) is 1. The first kappa shape index (κ1) is 13.0. The van der Waals surface area contributed by atoms with E-state index in [1.54, 1.807) is 0 Å². The van der Waals surface area contributed by atoms with Gasteiger partial charge in [-0.2, -0.15) is 4.68 Å². The van der Waals surface area contributed by atoms with Gasteiger partial charge in [-0.25, -0.2) is 0 Å². The molecule has 1 fully saturated rings. The van der Waals surface area contributed by atoms with Crippen LogP contribution in [0.1, 0.15) is 16.9 Å². The Labute approximate surface area is 104 Å². The van der Waals surface area contributed by atoms with Crippen LogP contribution in [0.2, 0.25) is 0 Å². The standard InChI is InChI=1S/C11H18N4O3/c12-8-9-7-11(17)15(13-9)10(16)1-2-14-3-5-18-6-4-14/h7,13H,1-6,8,12H2. The van der Waals surface area contributed by atoms with Crippen LogP contribution in [0.25, 0.3) is 0 Å². The zero-order valence-corrected chi connectivity index (χ0v) is 10.2. The van der Waals surface area contributed by atoms with Gasteiger partial charge in [0.1, 0.15) is 0 Å². The normalized spacial score (nSPS) is 16.9. The van der Waals surface area contributed by atoms with E-state index in [1.165, 1.54) is 6.07 Å². The van der Waals surface area contributed by atoms with Crippen LogP contribution in [0.15, 0.2) is 10.9 Å². The van der Waals surface area contributed by atoms with Crippen molar-refractivity contribution in [2.24, 2.45) is 5.73 Å². The van der Waals surface area contributed by atoms with E-state index >= 15 is 0 Å². The highest BCUT2D eigenvalue weighted by molar-refractivity contribution is 5.78. The average molecular weight is 254 g/mol. The van der Waals surface area contributed by atoms with Crippen molar-refractivity contribution in [1.29, 1.82) is 0 Å². The number of carbonyl (C=O) groups is 1. The van der Waals surface area contributed by atoms with E-state index in [-0.39, 0.29) is 18.0 Å². The number of H-pyrrole nitrogens is 1. The summed E-state index contributed by atoms with van der Waals surface area (Å²) < 4.78 is 6.26. The molecule has 3 N–H and O–H groups in total. The molecule has 1 aromatic heterocycles. The summed E-state index contributed by atoms with van der Waals surface area (Å²) >= 11 is 0. The van der Waals surface area contributed by atoms with Crippen LogP contribution in [0, 0.1) is 0 Å². The summed E-state index contributed by atoms with van der Waals surface area (Å²) in [5.74, 6) is -0.230. The molecular weight excluding hydrogens is 236 g/mol. The molecule has 0 bridgehead atoms. The highest BCUT2D eigenvalue weighted by Crippen LogP contribution is 1.99. The largest absolute Gasteiger partial charge is 0.379 e. The van der Waals surface area contributed by atoms with Crippen molar-refractivity contribution in [3.8, 4) is 0 Å². The second kappa shape index (κ2) is 5.94. The maximum Gasteiger partial charge on any atom is 0.273 e. The fourth-order valence-corrected chi connectivity index (χ4v) is 1.92. The lowest BCUT2D eigenvalue weighted by Gasteiger charge is -2.26. The number of nitrogens with one attached hydrogen (secondary N) is 1. The Bertz CT molecular complexity index is 459. The molecule has 2 rings (SSSR count). The summed E-state index contributed by atoms with van der Waals surface area (Å²) in [5.41, 5.74) is 5.63. The van der Waals surface area contributed by atoms with E-state index in [0.717, 1.165) is 17.8 Å². The van der Waals surface area contributed by atoms with Crippen molar-refractivity contribution in [2.45, 2.75) is 13.0 Å². The minimum absolute atomic E-state index is 0.221. The van der Waals surface area contributed by atoms with Gasteiger partial charge in [0.05, 0.1) is 18.9 Å². The van der Waals surface area contributed by atoms with Gasteiger partial charge in [0.25, 0.3) is 5.56 Å². The summed E-state index contributed by atoms with van der Waals surface area (Å²) in [7, 11) is 0. The maximum atomic E-state index is 11.9. The van der Waals surface area contributed by atoms with Crippen LogP contribution in [0.4, 0.5) is 0 Å². The second-order valence-electron chi connectivity index (χ2n) is 4.26. The molecule has 0 atom stereocenters. The van der Waals surface area contributed by atoms with Crippen LogP contribution in [-0.4, -0.2) is 53.4 Å². The molecule has 7 nitrogen and oxygen atoms in total. The Balaban J connectivity index is 1.90. The fraction of sp³-hybridized carbons (Fsp3) is 0.636. The minimum Gasteiger partial charge on any atom is -0.379 e. The molecule has 1 saturated heterocycles. The number of morpholine rings is 1. The van der Waals surface area contributed by atoms with Crippen LogP contribution in [-0.2, 0) is 11.3 Å². The molecule has 0 saturated carbocycles. The number of aromatic amines is 1. The van der Waals surface area contributed by atoms with Gasteiger partial charge in [0.2, 0.25) is 5.91 Å². The lowest BCUT2D eigenvalue weighted by molar-refractivity contribution is 0.0361. The summed E-state index contributed by atoms with van der Waals surface area (Å²) in [6, 6.07) is 1.35. The van der Waals surface area contributed by atoms with E-state index < -0.39 is 0 Å². The van der Waals surface area contributed by atoms with E-state index in [0.29, 0.717) is 31.9 Å². The predicted octanol–water partition coefficient (Wildman–Crippen LogP) is -1.00. The molecule has 0 radical (unpaired) electrons. The van der Waals surface area contributed by atoms with E-state index in [1.807, 2.05) is 0 Å². The van der Waals surface area contributed by atoms with E-state index in [4.69, 9.17) is 10.5 Å². The smallest absolute Gasteiger partial charge is 0.273 e. The van der Waals surface area contributed by atoms with Crippen molar-refractivity contribution < 1.29 is 9.53 Å². The third-order valence-electron chi connectivity index (χ3n) is 2.99. The third kappa shape index (κ3) is 3.06. The van der Waals surface area contributed by atoms with Gasteiger partial charge in [0.15, 0.2) is 0 Å². The SMILES string of the molecule is NCc1cc(=O)n(C(=O)CCN2CCOCC2)[nH]1. The van der Waals surface area contributed by atoms with Crippen LogP contribution in [0.5, 0.6) is 0 Å². The molecule has 0 aliphatic carbocycles. The quantitative estimate of drug-likeness (QED) is 0.718. The first-order chi connectivity index (χ1) is 8.70. The highest BCUT2D eigenvalue weighted by Gasteiger charge is 2.14. The Morgan fingerprint density at radius 2 is 2.17 bits per heavy atom. The molecule has 2 heterocycles. The van der Waals surface area contributed by atoms with Crippen molar-refractivity contribution in [1.82, 2.24) is 14.7 Å². The van der Waals surface area contributed by atoms with Gasteiger partial charge >= 0.3 is 0 Å². The Morgan fingerprint density at radius 1 is 1.44 bits per heavy atom. The molecular formula is C11H18N4O3. The van der Waals surface area contributed by atoms with Crippen molar-refractivity contribution in [3.05, 3.63) is 22.1 Å². The van der Waals surface area contributed by atoms with Crippen molar-refractivity contribution in [2.75, 3.05) is 32.8 Å². The number of rotatable bonds is 4. The van der Waals surface area contributed by atoms with Crippen molar-refractivity contribution in [3.63, 3.8) is 0 Å². The molecule has 7 heteroatoms. The molecule has 0 aromatic carbocycles. The van der Waals surface area contributed by atoms with E-state index in [9.17, 15) is 9.59 Å². The van der Waals surface area contributed by atoms with Crippen LogP contribution >= 0.6 is 0 Å². The number of nitrogens with two attached hydrogens (primary N) is 1. The van der Waals surface area contributed by atoms with Gasteiger partial charge in [-0.05, 0) is 0 Å². The third-order valence-corrected chi connectivity index (χ3v) is 2.99. The Morgan fingerprint density at radius 3 is 2.78 bits per heavy atom.